The Kier molecular flexibility index (Phi) is 2.28. The molecule has 1 aromatic heterocycles. The van der Waals surface area contributed by atoms with E-state index >= 15 is 0 Å². The van der Waals surface area contributed by atoms with Crippen LogP contribution in [0.15, 0.2) is 12.3 Å². The second-order valence-corrected chi connectivity index (χ2v) is 3.61. The summed E-state index contributed by atoms with van der Waals surface area (Å²) >= 11 is 0. The number of hydrogen-bond donors (Lipinski definition) is 0. The van der Waals surface area contributed by atoms with Gasteiger partial charge in [0.15, 0.2) is 5.69 Å². The van der Waals surface area contributed by atoms with Gasteiger partial charge in [0.25, 0.3) is 0 Å². The van der Waals surface area contributed by atoms with Gasteiger partial charge < -0.3 is 0 Å². The topological polar surface area (TPSA) is 34.9 Å². The van der Waals surface area contributed by atoms with Gasteiger partial charge in [-0.1, -0.05) is 0 Å². The van der Waals surface area contributed by atoms with Crippen LogP contribution in [0.1, 0.15) is 31.0 Å². The minimum atomic E-state index is -4.41. The minimum absolute atomic E-state index is 0.0871. The molecule has 2 rings (SSSR count). The second-order valence-electron chi connectivity index (χ2n) is 3.61. The van der Waals surface area contributed by atoms with Crippen LogP contribution in [-0.4, -0.2) is 15.6 Å². The monoisotopic (exact) mass is 218 g/mol. The van der Waals surface area contributed by atoms with Crippen molar-refractivity contribution in [3.8, 4) is 0 Å². The molecule has 1 unspecified atom stereocenters. The zero-order valence-electron chi connectivity index (χ0n) is 7.79. The zero-order valence-corrected chi connectivity index (χ0v) is 7.79. The van der Waals surface area contributed by atoms with Gasteiger partial charge in [-0.2, -0.15) is 18.3 Å². The Hall–Kier alpha value is -1.33. The van der Waals surface area contributed by atoms with Crippen molar-refractivity contribution in [2.24, 2.45) is 0 Å². The number of Topliss-reactive ketones (excluding diaryl/α,β-unsaturated/α-hetero) is 1. The van der Waals surface area contributed by atoms with Gasteiger partial charge in [0.05, 0.1) is 6.04 Å². The number of aromatic nitrogens is 2. The van der Waals surface area contributed by atoms with Crippen LogP contribution in [-0.2, 0) is 11.0 Å². The Bertz CT molecular complexity index is 383. The summed E-state index contributed by atoms with van der Waals surface area (Å²) in [6, 6.07) is 0.733. The number of carbonyl (C=O) groups excluding carboxylic acids is 1. The van der Waals surface area contributed by atoms with Crippen molar-refractivity contribution < 1.29 is 18.0 Å². The van der Waals surface area contributed by atoms with Crippen molar-refractivity contribution in [3.63, 3.8) is 0 Å². The summed E-state index contributed by atoms with van der Waals surface area (Å²) in [5.74, 6) is 0.0871. The Labute approximate surface area is 83.9 Å². The average molecular weight is 218 g/mol. The van der Waals surface area contributed by atoms with Gasteiger partial charge in [0.2, 0.25) is 0 Å². The predicted octanol–water partition coefficient (Wildman–Crippen LogP) is 2.20. The first-order valence-electron chi connectivity index (χ1n) is 4.61. The largest absolute Gasteiger partial charge is 0.435 e. The van der Waals surface area contributed by atoms with Crippen molar-refractivity contribution >= 4 is 5.78 Å². The molecule has 0 aliphatic heterocycles. The summed E-state index contributed by atoms with van der Waals surface area (Å²) in [5.41, 5.74) is -0.901. The highest BCUT2D eigenvalue weighted by Crippen LogP contribution is 2.30. The number of rotatable bonds is 1. The number of ketones is 1. The van der Waals surface area contributed by atoms with E-state index in [1.54, 1.807) is 0 Å². The van der Waals surface area contributed by atoms with Crippen molar-refractivity contribution in [1.82, 2.24) is 9.78 Å². The van der Waals surface area contributed by atoms with Crippen molar-refractivity contribution in [2.45, 2.75) is 31.5 Å². The molecule has 0 N–H and O–H groups in total. The smallest absolute Gasteiger partial charge is 0.300 e. The Balaban J connectivity index is 2.17. The van der Waals surface area contributed by atoms with Crippen molar-refractivity contribution in [2.75, 3.05) is 0 Å². The summed E-state index contributed by atoms with van der Waals surface area (Å²) < 4.78 is 37.9. The highest BCUT2D eigenvalue weighted by molar-refractivity contribution is 5.80. The standard InChI is InChI=1S/C9H9F3N2O/c10-9(11,12)8-3-4-14(13-8)6-1-2-7(15)5-6/h3-4,6H,1-2,5H2. The van der Waals surface area contributed by atoms with Gasteiger partial charge in [0.1, 0.15) is 5.78 Å². The molecule has 0 spiro atoms. The maximum Gasteiger partial charge on any atom is 0.435 e. The van der Waals surface area contributed by atoms with E-state index in [2.05, 4.69) is 5.10 Å². The van der Waals surface area contributed by atoms with Gasteiger partial charge in [-0.25, -0.2) is 0 Å². The highest BCUT2D eigenvalue weighted by Gasteiger charge is 2.34. The van der Waals surface area contributed by atoms with E-state index in [9.17, 15) is 18.0 Å². The molecular formula is C9H9F3N2O. The van der Waals surface area contributed by atoms with Crippen LogP contribution in [0.4, 0.5) is 13.2 Å². The molecule has 1 heterocycles. The molecule has 0 radical (unpaired) electrons. The van der Waals surface area contributed by atoms with Gasteiger partial charge in [-0.05, 0) is 12.5 Å². The van der Waals surface area contributed by atoms with Crippen LogP contribution < -0.4 is 0 Å². The summed E-state index contributed by atoms with van der Waals surface area (Å²) in [7, 11) is 0. The Morgan fingerprint density at radius 1 is 1.47 bits per heavy atom. The third-order valence-electron chi connectivity index (χ3n) is 2.49. The first-order valence-corrected chi connectivity index (χ1v) is 4.61. The van der Waals surface area contributed by atoms with E-state index in [-0.39, 0.29) is 11.8 Å². The molecule has 0 amide bonds. The fourth-order valence-electron chi connectivity index (χ4n) is 1.71. The average Bonchev–Trinajstić information content (AvgIpc) is 2.69. The SMILES string of the molecule is O=C1CCC(n2ccc(C(F)(F)F)n2)C1. The van der Waals surface area contributed by atoms with E-state index in [4.69, 9.17) is 0 Å². The van der Waals surface area contributed by atoms with Crippen LogP contribution in [0.25, 0.3) is 0 Å². The predicted molar refractivity (Wildman–Crippen MR) is 45.1 cm³/mol. The molecule has 1 aliphatic rings. The first-order chi connectivity index (χ1) is 6.97. The number of alkyl halides is 3. The lowest BCUT2D eigenvalue weighted by atomic mass is 10.3. The molecule has 1 aromatic rings. The van der Waals surface area contributed by atoms with E-state index < -0.39 is 11.9 Å². The fourth-order valence-corrected chi connectivity index (χ4v) is 1.71. The number of carbonyl (C=O) groups is 1. The van der Waals surface area contributed by atoms with E-state index in [1.807, 2.05) is 0 Å². The lowest BCUT2D eigenvalue weighted by molar-refractivity contribution is -0.141. The molecule has 0 aromatic carbocycles. The van der Waals surface area contributed by atoms with E-state index in [1.165, 1.54) is 10.9 Å². The highest BCUT2D eigenvalue weighted by atomic mass is 19.4. The molecule has 1 aliphatic carbocycles. The third-order valence-corrected chi connectivity index (χ3v) is 2.49. The summed E-state index contributed by atoms with van der Waals surface area (Å²) in [6.07, 6.45) is -1.82. The van der Waals surface area contributed by atoms with Crippen LogP contribution in [0.3, 0.4) is 0 Å². The number of halogens is 3. The van der Waals surface area contributed by atoms with Gasteiger partial charge >= 0.3 is 6.18 Å². The normalized spacial score (nSPS) is 22.3. The quantitative estimate of drug-likeness (QED) is 0.724. The maximum atomic E-state index is 12.2. The summed E-state index contributed by atoms with van der Waals surface area (Å²) in [4.78, 5) is 11.0. The van der Waals surface area contributed by atoms with E-state index in [0.717, 1.165) is 6.07 Å². The molecular weight excluding hydrogens is 209 g/mol. The lowest BCUT2D eigenvalue weighted by Crippen LogP contribution is -2.10. The lowest BCUT2D eigenvalue weighted by Gasteiger charge is -2.08. The molecule has 15 heavy (non-hydrogen) atoms. The van der Waals surface area contributed by atoms with Crippen LogP contribution in [0.5, 0.6) is 0 Å². The second kappa shape index (κ2) is 3.36. The Morgan fingerprint density at radius 3 is 2.67 bits per heavy atom. The first kappa shape index (κ1) is 10.2. The van der Waals surface area contributed by atoms with Gasteiger partial charge in [0, 0.05) is 19.0 Å². The summed E-state index contributed by atoms with van der Waals surface area (Å²) in [5, 5.41) is 3.44. The molecule has 0 bridgehead atoms. The number of hydrogen-bond acceptors (Lipinski definition) is 2. The van der Waals surface area contributed by atoms with Crippen LogP contribution in [0.2, 0.25) is 0 Å². The molecule has 1 fully saturated rings. The minimum Gasteiger partial charge on any atom is -0.300 e. The molecule has 0 saturated heterocycles. The third kappa shape index (κ3) is 2.03. The maximum absolute atomic E-state index is 12.2. The molecule has 6 heteroatoms. The van der Waals surface area contributed by atoms with Gasteiger partial charge in [-0.3, -0.25) is 9.48 Å². The molecule has 1 atom stereocenters. The van der Waals surface area contributed by atoms with Crippen LogP contribution in [0, 0.1) is 0 Å². The molecule has 1 saturated carbocycles. The summed E-state index contributed by atoms with van der Waals surface area (Å²) in [6.45, 7) is 0. The van der Waals surface area contributed by atoms with E-state index in [0.29, 0.717) is 19.3 Å². The number of nitrogens with zero attached hydrogens (tertiary/aromatic N) is 2. The van der Waals surface area contributed by atoms with Crippen molar-refractivity contribution in [1.29, 1.82) is 0 Å². The molecule has 82 valence electrons. The zero-order chi connectivity index (χ0) is 11.1. The van der Waals surface area contributed by atoms with Crippen molar-refractivity contribution in [3.05, 3.63) is 18.0 Å². The fraction of sp³-hybridized carbons (Fsp3) is 0.556. The van der Waals surface area contributed by atoms with Crippen LogP contribution >= 0.6 is 0 Å². The molecule has 3 nitrogen and oxygen atoms in total. The Morgan fingerprint density at radius 2 is 2.20 bits per heavy atom. The van der Waals surface area contributed by atoms with Gasteiger partial charge in [-0.15, -0.1) is 0 Å².